The topological polar surface area (TPSA) is 58.6 Å². The summed E-state index contributed by atoms with van der Waals surface area (Å²) in [6.07, 6.45) is 0.831. The van der Waals surface area contributed by atoms with Crippen LogP contribution in [0, 0.1) is 11.7 Å². The Hall–Kier alpha value is -2.89. The second-order valence-electron chi connectivity index (χ2n) is 7.00. The molecule has 2 aromatic carbocycles. The maximum atomic E-state index is 13.8. The van der Waals surface area contributed by atoms with Gasteiger partial charge in [0.2, 0.25) is 5.91 Å². The first-order valence-corrected chi connectivity index (χ1v) is 9.50. The van der Waals surface area contributed by atoms with Crippen molar-refractivity contribution in [3.05, 3.63) is 65.5 Å². The number of benzene rings is 2. The van der Waals surface area contributed by atoms with Gasteiger partial charge in [0, 0.05) is 31.1 Å². The molecule has 1 aliphatic heterocycles. The van der Waals surface area contributed by atoms with Crippen LogP contribution < -0.4 is 10.1 Å². The molecule has 1 fully saturated rings. The summed E-state index contributed by atoms with van der Waals surface area (Å²) in [4.78, 5) is 27.3. The van der Waals surface area contributed by atoms with Gasteiger partial charge in [-0.05, 0) is 48.4 Å². The van der Waals surface area contributed by atoms with Gasteiger partial charge in [-0.25, -0.2) is 4.39 Å². The average molecular weight is 384 g/mol. The van der Waals surface area contributed by atoms with Crippen LogP contribution in [-0.2, 0) is 4.79 Å². The second kappa shape index (κ2) is 8.87. The Morgan fingerprint density at radius 1 is 1.18 bits per heavy atom. The Balaban J connectivity index is 1.83. The van der Waals surface area contributed by atoms with Crippen LogP contribution in [0.25, 0.3) is 0 Å². The highest BCUT2D eigenvalue weighted by atomic mass is 19.1. The van der Waals surface area contributed by atoms with Crippen LogP contribution in [0.4, 0.5) is 4.39 Å². The SMILES string of the molecule is CCCNC(=O)[C@@H]1CN(C(=O)c2ccc(OC)cc2)C[C@H]1c1cccc(F)c1. The number of carbonyl (C=O) groups excluding carboxylic acids is 2. The Morgan fingerprint density at radius 3 is 2.57 bits per heavy atom. The fourth-order valence-corrected chi connectivity index (χ4v) is 3.61. The minimum atomic E-state index is -0.407. The molecule has 5 nitrogen and oxygen atoms in total. The molecule has 6 heteroatoms. The van der Waals surface area contributed by atoms with Crippen LogP contribution in [0.15, 0.2) is 48.5 Å². The molecule has 2 aromatic rings. The number of nitrogens with zero attached hydrogens (tertiary/aromatic N) is 1. The van der Waals surface area contributed by atoms with E-state index in [1.165, 1.54) is 12.1 Å². The third kappa shape index (κ3) is 4.32. The summed E-state index contributed by atoms with van der Waals surface area (Å²) < 4.78 is 18.9. The predicted molar refractivity (Wildman–Crippen MR) is 105 cm³/mol. The van der Waals surface area contributed by atoms with Gasteiger partial charge in [0.1, 0.15) is 11.6 Å². The van der Waals surface area contributed by atoms with E-state index in [1.807, 2.05) is 13.0 Å². The van der Waals surface area contributed by atoms with Gasteiger partial charge in [0.05, 0.1) is 13.0 Å². The number of halogens is 1. The Labute approximate surface area is 164 Å². The molecule has 2 atom stereocenters. The molecule has 0 saturated carbocycles. The smallest absolute Gasteiger partial charge is 0.253 e. The van der Waals surface area contributed by atoms with Gasteiger partial charge >= 0.3 is 0 Å². The summed E-state index contributed by atoms with van der Waals surface area (Å²) in [6, 6.07) is 13.2. The molecule has 1 N–H and O–H groups in total. The number of likely N-dealkylation sites (tertiary alicyclic amines) is 1. The number of nitrogens with one attached hydrogen (secondary N) is 1. The van der Waals surface area contributed by atoms with Crippen LogP contribution in [0.2, 0.25) is 0 Å². The summed E-state index contributed by atoms with van der Waals surface area (Å²) in [7, 11) is 1.57. The molecule has 0 bridgehead atoms. The molecule has 148 valence electrons. The molecule has 2 amide bonds. The van der Waals surface area contributed by atoms with Crippen molar-refractivity contribution in [1.82, 2.24) is 10.2 Å². The third-order valence-electron chi connectivity index (χ3n) is 5.11. The molecule has 28 heavy (non-hydrogen) atoms. The molecular formula is C22H25FN2O3. The molecule has 1 aliphatic rings. The molecule has 1 saturated heterocycles. The Kier molecular flexibility index (Phi) is 6.29. The van der Waals surface area contributed by atoms with Gasteiger partial charge in [-0.2, -0.15) is 0 Å². The van der Waals surface area contributed by atoms with Gasteiger partial charge < -0.3 is 15.0 Å². The number of amides is 2. The molecule has 0 spiro atoms. The molecule has 0 aromatic heterocycles. The zero-order valence-corrected chi connectivity index (χ0v) is 16.2. The zero-order chi connectivity index (χ0) is 20.1. The van der Waals surface area contributed by atoms with E-state index in [0.29, 0.717) is 30.9 Å². The largest absolute Gasteiger partial charge is 0.497 e. The molecule has 0 radical (unpaired) electrons. The first-order valence-electron chi connectivity index (χ1n) is 9.50. The van der Waals surface area contributed by atoms with Gasteiger partial charge in [0.15, 0.2) is 0 Å². The quantitative estimate of drug-likeness (QED) is 0.832. The highest BCUT2D eigenvalue weighted by Gasteiger charge is 2.40. The third-order valence-corrected chi connectivity index (χ3v) is 5.11. The van der Waals surface area contributed by atoms with E-state index in [9.17, 15) is 14.0 Å². The average Bonchev–Trinajstić information content (AvgIpc) is 3.17. The van der Waals surface area contributed by atoms with Crippen molar-refractivity contribution in [2.45, 2.75) is 19.3 Å². The van der Waals surface area contributed by atoms with E-state index in [4.69, 9.17) is 4.74 Å². The number of methoxy groups -OCH3 is 1. The highest BCUT2D eigenvalue weighted by molar-refractivity contribution is 5.95. The van der Waals surface area contributed by atoms with E-state index in [-0.39, 0.29) is 23.5 Å². The fraction of sp³-hybridized carbons (Fsp3) is 0.364. The number of rotatable bonds is 6. The number of hydrogen-bond acceptors (Lipinski definition) is 3. The predicted octanol–water partition coefficient (Wildman–Crippen LogP) is 3.22. The first kappa shape index (κ1) is 19.9. The van der Waals surface area contributed by atoms with Crippen LogP contribution in [-0.4, -0.2) is 43.5 Å². The standard InChI is InChI=1S/C22H25FN2O3/c1-3-11-24-21(26)20-14-25(13-19(20)16-5-4-6-17(23)12-16)22(27)15-7-9-18(28-2)10-8-15/h4-10,12,19-20H,3,11,13-14H2,1-2H3,(H,24,26)/t19-,20+/m0/s1. The number of ether oxygens (including phenoxy) is 1. The number of carbonyl (C=O) groups is 2. The molecule has 0 aliphatic carbocycles. The zero-order valence-electron chi connectivity index (χ0n) is 16.2. The van der Waals surface area contributed by atoms with Gasteiger partial charge in [-0.3, -0.25) is 9.59 Å². The summed E-state index contributed by atoms with van der Waals surface area (Å²) in [5.74, 6) is -0.557. The van der Waals surface area contributed by atoms with E-state index in [1.54, 1.807) is 42.3 Å². The summed E-state index contributed by atoms with van der Waals surface area (Å²) in [5, 5.41) is 2.92. The van der Waals surface area contributed by atoms with Crippen LogP contribution >= 0.6 is 0 Å². The fourth-order valence-electron chi connectivity index (χ4n) is 3.61. The van der Waals surface area contributed by atoms with E-state index in [2.05, 4.69) is 5.32 Å². The van der Waals surface area contributed by atoms with Crippen molar-refractivity contribution < 1.29 is 18.7 Å². The summed E-state index contributed by atoms with van der Waals surface area (Å²) in [6.45, 7) is 3.25. The normalized spacial score (nSPS) is 18.8. The van der Waals surface area contributed by atoms with Gasteiger partial charge in [-0.1, -0.05) is 19.1 Å². The van der Waals surface area contributed by atoms with Crippen molar-refractivity contribution in [2.75, 3.05) is 26.7 Å². The van der Waals surface area contributed by atoms with Crippen molar-refractivity contribution in [1.29, 1.82) is 0 Å². The van der Waals surface area contributed by atoms with E-state index in [0.717, 1.165) is 12.0 Å². The van der Waals surface area contributed by atoms with Gasteiger partial charge in [0.25, 0.3) is 5.91 Å². The lowest BCUT2D eigenvalue weighted by atomic mass is 9.88. The van der Waals surface area contributed by atoms with Crippen LogP contribution in [0.5, 0.6) is 5.75 Å². The Morgan fingerprint density at radius 2 is 1.93 bits per heavy atom. The van der Waals surface area contributed by atoms with E-state index < -0.39 is 5.92 Å². The van der Waals surface area contributed by atoms with Crippen LogP contribution in [0.1, 0.15) is 35.2 Å². The molecule has 3 rings (SSSR count). The van der Waals surface area contributed by atoms with Crippen molar-refractivity contribution in [3.8, 4) is 5.75 Å². The molecule has 1 heterocycles. The second-order valence-corrected chi connectivity index (χ2v) is 7.00. The first-order chi connectivity index (χ1) is 13.5. The summed E-state index contributed by atoms with van der Waals surface area (Å²) >= 11 is 0. The van der Waals surface area contributed by atoms with Crippen molar-refractivity contribution in [2.24, 2.45) is 5.92 Å². The molecule has 0 unspecified atom stereocenters. The van der Waals surface area contributed by atoms with Crippen LogP contribution in [0.3, 0.4) is 0 Å². The minimum Gasteiger partial charge on any atom is -0.497 e. The molecular weight excluding hydrogens is 359 g/mol. The lowest BCUT2D eigenvalue weighted by molar-refractivity contribution is -0.124. The lowest BCUT2D eigenvalue weighted by Crippen LogP contribution is -2.36. The lowest BCUT2D eigenvalue weighted by Gasteiger charge is -2.18. The van der Waals surface area contributed by atoms with Crippen molar-refractivity contribution in [3.63, 3.8) is 0 Å². The number of hydrogen-bond donors (Lipinski definition) is 1. The van der Waals surface area contributed by atoms with Crippen molar-refractivity contribution >= 4 is 11.8 Å². The monoisotopic (exact) mass is 384 g/mol. The van der Waals surface area contributed by atoms with Gasteiger partial charge in [-0.15, -0.1) is 0 Å². The minimum absolute atomic E-state index is 0.0962. The maximum absolute atomic E-state index is 13.8. The summed E-state index contributed by atoms with van der Waals surface area (Å²) in [5.41, 5.74) is 1.27. The maximum Gasteiger partial charge on any atom is 0.253 e. The Bertz CT molecular complexity index is 838. The highest BCUT2D eigenvalue weighted by Crippen LogP contribution is 2.34. The van der Waals surface area contributed by atoms with E-state index >= 15 is 0 Å².